The van der Waals surface area contributed by atoms with E-state index < -0.39 is 16.9 Å². The summed E-state index contributed by atoms with van der Waals surface area (Å²) in [4.78, 5) is 36.8. The number of carbonyl (C=O) groups excluding carboxylic acids is 2. The summed E-state index contributed by atoms with van der Waals surface area (Å²) < 4.78 is 11.2. The largest absolute Gasteiger partial charge is 0.456 e. The molecule has 0 aliphatic carbocycles. The van der Waals surface area contributed by atoms with Crippen molar-refractivity contribution in [1.82, 2.24) is 4.90 Å². The van der Waals surface area contributed by atoms with E-state index in [1.807, 2.05) is 0 Å². The van der Waals surface area contributed by atoms with Crippen molar-refractivity contribution in [3.8, 4) is 0 Å². The number of fused-ring (bicyclic) bond motifs is 1. The molecule has 1 aromatic carbocycles. The second kappa shape index (κ2) is 7.53. The first-order chi connectivity index (χ1) is 13.5. The van der Waals surface area contributed by atoms with Crippen molar-refractivity contribution < 1.29 is 24.0 Å². The van der Waals surface area contributed by atoms with E-state index in [1.165, 1.54) is 40.9 Å². The summed E-state index contributed by atoms with van der Waals surface area (Å²) in [6.07, 6.45) is 1.51. The molecule has 3 aliphatic rings. The molecular formula is C18H19N3O6S. The van der Waals surface area contributed by atoms with E-state index in [0.717, 1.165) is 18.4 Å². The van der Waals surface area contributed by atoms with E-state index in [9.17, 15) is 19.7 Å². The van der Waals surface area contributed by atoms with Crippen LogP contribution in [0.25, 0.3) is 0 Å². The fourth-order valence-corrected chi connectivity index (χ4v) is 4.91. The van der Waals surface area contributed by atoms with Crippen molar-refractivity contribution in [2.75, 3.05) is 12.4 Å². The highest BCUT2D eigenvalue weighted by Crippen LogP contribution is 2.42. The molecule has 0 saturated carbocycles. The van der Waals surface area contributed by atoms with Gasteiger partial charge < -0.3 is 15.2 Å². The zero-order valence-corrected chi connectivity index (χ0v) is 15.7. The van der Waals surface area contributed by atoms with Gasteiger partial charge >= 0.3 is 5.97 Å². The fourth-order valence-electron chi connectivity index (χ4n) is 3.56. The molecule has 0 aromatic heterocycles. The number of esters is 1. The minimum atomic E-state index is -0.617. The Morgan fingerprint density at radius 3 is 2.79 bits per heavy atom. The average Bonchev–Trinajstić information content (AvgIpc) is 3.25. The zero-order chi connectivity index (χ0) is 19.8. The Hall–Kier alpha value is -2.43. The van der Waals surface area contributed by atoms with Crippen molar-refractivity contribution in [3.05, 3.63) is 51.2 Å². The summed E-state index contributed by atoms with van der Waals surface area (Å²) in [5.41, 5.74) is 7.46. The van der Waals surface area contributed by atoms with Crippen molar-refractivity contribution in [2.45, 2.75) is 37.0 Å². The summed E-state index contributed by atoms with van der Waals surface area (Å²) in [7, 11) is 0. The fraction of sp³-hybridized carbons (Fsp3) is 0.444. The Balaban J connectivity index is 1.53. The van der Waals surface area contributed by atoms with Crippen LogP contribution in [0.4, 0.5) is 5.69 Å². The van der Waals surface area contributed by atoms with E-state index in [2.05, 4.69) is 0 Å². The van der Waals surface area contributed by atoms with Crippen LogP contribution >= 0.6 is 11.8 Å². The van der Waals surface area contributed by atoms with Crippen molar-refractivity contribution in [2.24, 2.45) is 5.73 Å². The van der Waals surface area contributed by atoms with Crippen LogP contribution in [-0.4, -0.2) is 51.6 Å². The molecule has 4 rings (SSSR count). The Morgan fingerprint density at radius 1 is 1.39 bits per heavy atom. The molecule has 148 valence electrons. The molecule has 1 aromatic rings. The lowest BCUT2D eigenvalue weighted by Crippen LogP contribution is -2.68. The average molecular weight is 405 g/mol. The minimum absolute atomic E-state index is 0.0363. The molecule has 2 saturated heterocycles. The quantitative estimate of drug-likeness (QED) is 0.336. The molecule has 0 unspecified atom stereocenters. The molecule has 3 atom stereocenters. The van der Waals surface area contributed by atoms with Crippen LogP contribution in [0.1, 0.15) is 18.4 Å². The summed E-state index contributed by atoms with van der Waals surface area (Å²) in [5, 5.41) is 10.5. The van der Waals surface area contributed by atoms with Gasteiger partial charge in [0.2, 0.25) is 5.91 Å². The third-order valence-electron chi connectivity index (χ3n) is 5.07. The third-order valence-corrected chi connectivity index (χ3v) is 6.39. The summed E-state index contributed by atoms with van der Waals surface area (Å²) in [5.74, 6) is -0.334. The van der Waals surface area contributed by atoms with E-state index in [4.69, 9.17) is 15.2 Å². The van der Waals surface area contributed by atoms with Gasteiger partial charge in [0.1, 0.15) is 23.7 Å². The Kier molecular flexibility index (Phi) is 5.09. The molecular weight excluding hydrogens is 386 g/mol. The molecule has 3 heterocycles. The van der Waals surface area contributed by atoms with Crippen LogP contribution < -0.4 is 5.73 Å². The number of β-lactam (4-membered cyclic amide) rings is 1. The predicted molar refractivity (Wildman–Crippen MR) is 100.0 cm³/mol. The van der Waals surface area contributed by atoms with Gasteiger partial charge in [-0.05, 0) is 36.1 Å². The highest BCUT2D eigenvalue weighted by atomic mass is 32.2. The Labute approximate surface area is 165 Å². The van der Waals surface area contributed by atoms with Gasteiger partial charge in [0.15, 0.2) is 0 Å². The van der Waals surface area contributed by atoms with E-state index in [1.54, 1.807) is 0 Å². The molecule has 28 heavy (non-hydrogen) atoms. The number of nitrogens with two attached hydrogens (primary N) is 1. The van der Waals surface area contributed by atoms with Crippen molar-refractivity contribution in [1.29, 1.82) is 0 Å². The molecule has 10 heteroatoms. The van der Waals surface area contributed by atoms with Crippen molar-refractivity contribution in [3.63, 3.8) is 0 Å². The number of rotatable bonds is 5. The number of non-ortho nitro benzene ring substituents is 1. The normalized spacial score (nSPS) is 26.7. The molecule has 0 spiro atoms. The van der Waals surface area contributed by atoms with E-state index >= 15 is 0 Å². The standard InChI is InChI=1S/C18H19N3O6S/c19-14-16(22)20-15(12(9-28-17(14)20)13-2-1-7-26-13)18(23)27-8-10-3-5-11(6-4-10)21(24)25/h3-6,13-14,17H,1-2,7-9,19H2/t13-,14+,17+/m0/s1. The van der Waals surface area contributed by atoms with Gasteiger partial charge in [0, 0.05) is 24.5 Å². The number of hydrogen-bond donors (Lipinski definition) is 1. The molecule has 0 bridgehead atoms. The third kappa shape index (κ3) is 3.27. The molecule has 3 aliphatic heterocycles. The number of benzene rings is 1. The maximum absolute atomic E-state index is 12.9. The second-order valence-electron chi connectivity index (χ2n) is 6.81. The lowest BCUT2D eigenvalue weighted by Gasteiger charge is -2.48. The molecule has 0 radical (unpaired) electrons. The summed E-state index contributed by atoms with van der Waals surface area (Å²) in [6, 6.07) is 5.15. The highest BCUT2D eigenvalue weighted by molar-refractivity contribution is 8.00. The lowest BCUT2D eigenvalue weighted by atomic mass is 10.00. The Bertz CT molecular complexity index is 849. The second-order valence-corrected chi connectivity index (χ2v) is 7.92. The number of carbonyl (C=O) groups is 2. The predicted octanol–water partition coefficient (Wildman–Crippen LogP) is 1.31. The minimum Gasteiger partial charge on any atom is -0.456 e. The van der Waals surface area contributed by atoms with Crippen LogP contribution in [0.2, 0.25) is 0 Å². The van der Waals surface area contributed by atoms with Gasteiger partial charge in [0.25, 0.3) is 5.69 Å². The summed E-state index contributed by atoms with van der Waals surface area (Å²) >= 11 is 1.53. The Morgan fingerprint density at radius 2 is 2.14 bits per heavy atom. The smallest absolute Gasteiger partial charge is 0.355 e. The number of thioether (sulfide) groups is 1. The number of nitro groups is 1. The van der Waals surface area contributed by atoms with E-state index in [-0.39, 0.29) is 35.4 Å². The molecule has 9 nitrogen and oxygen atoms in total. The first kappa shape index (κ1) is 18.9. The van der Waals surface area contributed by atoms with Gasteiger partial charge in [-0.25, -0.2) is 4.79 Å². The number of hydrogen-bond acceptors (Lipinski definition) is 8. The van der Waals surface area contributed by atoms with Gasteiger partial charge in [-0.15, -0.1) is 11.8 Å². The van der Waals surface area contributed by atoms with Crippen LogP contribution in [-0.2, 0) is 25.7 Å². The number of nitrogens with zero attached hydrogens (tertiary/aromatic N) is 2. The van der Waals surface area contributed by atoms with Crippen LogP contribution in [0.15, 0.2) is 35.5 Å². The zero-order valence-electron chi connectivity index (χ0n) is 14.9. The molecule has 2 N–H and O–H groups in total. The van der Waals surface area contributed by atoms with Crippen LogP contribution in [0, 0.1) is 10.1 Å². The van der Waals surface area contributed by atoms with Gasteiger partial charge in [-0.3, -0.25) is 19.8 Å². The first-order valence-corrected chi connectivity index (χ1v) is 9.97. The molecule has 1 amide bonds. The SMILES string of the molecule is N[C@@H]1C(=O)N2C(C(=O)OCc3ccc([N+](=O)[O-])cc3)=C([C@@H]3CCCO3)CS[C@H]12. The number of nitro benzene ring substituents is 1. The van der Waals surface area contributed by atoms with Gasteiger partial charge in [-0.1, -0.05) is 0 Å². The van der Waals surface area contributed by atoms with Crippen LogP contribution in [0.5, 0.6) is 0 Å². The van der Waals surface area contributed by atoms with E-state index in [0.29, 0.717) is 17.9 Å². The molecule has 2 fully saturated rings. The van der Waals surface area contributed by atoms with Gasteiger partial charge in [0.05, 0.1) is 11.0 Å². The topological polar surface area (TPSA) is 125 Å². The lowest BCUT2D eigenvalue weighted by molar-refractivity contribution is -0.384. The number of ether oxygens (including phenoxy) is 2. The first-order valence-electron chi connectivity index (χ1n) is 8.92. The van der Waals surface area contributed by atoms with Crippen LogP contribution in [0.3, 0.4) is 0 Å². The maximum atomic E-state index is 12.9. The van der Waals surface area contributed by atoms with Gasteiger partial charge in [-0.2, -0.15) is 0 Å². The summed E-state index contributed by atoms with van der Waals surface area (Å²) in [6.45, 7) is 0.575. The highest BCUT2D eigenvalue weighted by Gasteiger charge is 2.53. The monoisotopic (exact) mass is 405 g/mol. The number of amides is 1. The van der Waals surface area contributed by atoms with Crippen molar-refractivity contribution >= 4 is 29.3 Å². The maximum Gasteiger partial charge on any atom is 0.355 e.